The average Bonchev–Trinajstić information content (AvgIpc) is 2.68. The number of ether oxygens (including phenoxy) is 1. The van der Waals surface area contributed by atoms with E-state index in [1.807, 2.05) is 0 Å². The molecule has 3 rings (SSSR count). The van der Waals surface area contributed by atoms with Gasteiger partial charge in [-0.2, -0.15) is 0 Å². The van der Waals surface area contributed by atoms with Gasteiger partial charge in [-0.05, 0) is 25.3 Å². The molecule has 2 aromatic carbocycles. The smallest absolute Gasteiger partial charge is 0.198 e. The van der Waals surface area contributed by atoms with Crippen LogP contribution < -0.4 is 4.74 Å². The number of rotatable bonds is 6. The maximum atomic E-state index is 12.9. The molecular weight excluding hydrogens is 324 g/mol. The zero-order valence-corrected chi connectivity index (χ0v) is 15.0. The van der Waals surface area contributed by atoms with E-state index in [4.69, 9.17) is 4.74 Å². The third-order valence-corrected chi connectivity index (χ3v) is 4.37. The van der Waals surface area contributed by atoms with E-state index in [-0.39, 0.29) is 11.6 Å². The molecule has 0 spiro atoms. The Morgan fingerprint density at radius 2 is 1.50 bits per heavy atom. The van der Waals surface area contributed by atoms with Crippen molar-refractivity contribution in [3.8, 4) is 17.6 Å². The van der Waals surface area contributed by atoms with Crippen LogP contribution in [0, 0.1) is 11.8 Å². The Bertz CT molecular complexity index is 884. The van der Waals surface area contributed by atoms with Crippen LogP contribution in [-0.4, -0.2) is 18.2 Å². The first-order valence-corrected chi connectivity index (χ1v) is 9.14. The molecule has 2 aromatic rings. The molecule has 0 bridgehead atoms. The van der Waals surface area contributed by atoms with E-state index in [0.717, 1.165) is 32.1 Å². The lowest BCUT2D eigenvalue weighted by Crippen LogP contribution is -2.21. The minimum absolute atomic E-state index is 0.119. The SMILES string of the molecule is CCCC#CCCCCOc1cccc2c1C(=O)c1ccccc1C2=O. The van der Waals surface area contributed by atoms with Crippen LogP contribution in [0.25, 0.3) is 0 Å². The second-order valence-corrected chi connectivity index (χ2v) is 6.29. The highest BCUT2D eigenvalue weighted by atomic mass is 16.5. The summed E-state index contributed by atoms with van der Waals surface area (Å²) in [6, 6.07) is 12.2. The molecule has 3 nitrogen and oxygen atoms in total. The molecule has 0 aromatic heterocycles. The van der Waals surface area contributed by atoms with Crippen molar-refractivity contribution < 1.29 is 14.3 Å². The van der Waals surface area contributed by atoms with Crippen molar-refractivity contribution >= 4 is 11.6 Å². The van der Waals surface area contributed by atoms with Gasteiger partial charge in [-0.25, -0.2) is 0 Å². The Kier molecular flexibility index (Phi) is 5.86. The molecule has 0 unspecified atom stereocenters. The number of benzene rings is 2. The highest BCUT2D eigenvalue weighted by molar-refractivity contribution is 6.29. The molecule has 0 heterocycles. The number of unbranched alkanes of at least 4 members (excludes halogenated alkanes) is 3. The second-order valence-electron chi connectivity index (χ2n) is 6.29. The molecule has 0 amide bonds. The molecule has 0 saturated carbocycles. The molecule has 0 atom stereocenters. The average molecular weight is 346 g/mol. The normalized spacial score (nSPS) is 12.0. The summed E-state index contributed by atoms with van der Waals surface area (Å²) in [6.45, 7) is 2.63. The number of carbonyl (C=O) groups is 2. The maximum Gasteiger partial charge on any atom is 0.198 e. The number of ketones is 2. The van der Waals surface area contributed by atoms with E-state index in [9.17, 15) is 9.59 Å². The molecule has 0 radical (unpaired) electrons. The molecule has 3 heteroatoms. The quantitative estimate of drug-likeness (QED) is 0.475. The van der Waals surface area contributed by atoms with Crippen LogP contribution in [0.2, 0.25) is 0 Å². The number of fused-ring (bicyclic) bond motifs is 2. The van der Waals surface area contributed by atoms with Crippen LogP contribution in [0.4, 0.5) is 0 Å². The van der Waals surface area contributed by atoms with Gasteiger partial charge in [-0.1, -0.05) is 43.3 Å². The van der Waals surface area contributed by atoms with Crippen molar-refractivity contribution in [2.24, 2.45) is 0 Å². The summed E-state index contributed by atoms with van der Waals surface area (Å²) in [5.41, 5.74) is 1.73. The molecule has 0 saturated heterocycles. The summed E-state index contributed by atoms with van der Waals surface area (Å²) in [5, 5.41) is 0. The first-order chi connectivity index (χ1) is 12.7. The van der Waals surface area contributed by atoms with Crippen LogP contribution in [0.15, 0.2) is 42.5 Å². The Morgan fingerprint density at radius 1 is 0.808 bits per heavy atom. The Balaban J connectivity index is 1.69. The molecule has 0 fully saturated rings. The van der Waals surface area contributed by atoms with Gasteiger partial charge in [0.05, 0.1) is 12.2 Å². The minimum Gasteiger partial charge on any atom is -0.493 e. The zero-order chi connectivity index (χ0) is 18.4. The third-order valence-electron chi connectivity index (χ3n) is 4.37. The standard InChI is InChI=1S/C23H22O3/c1-2-3-4-5-6-7-10-16-26-20-15-11-14-19-21(20)23(25)18-13-9-8-12-17(18)22(19)24/h8-9,11-15H,2-3,6-7,10,16H2,1H3. The van der Waals surface area contributed by atoms with Gasteiger partial charge in [-0.3, -0.25) is 9.59 Å². The summed E-state index contributed by atoms with van der Waals surface area (Å²) in [7, 11) is 0. The van der Waals surface area contributed by atoms with Crippen molar-refractivity contribution in [3.63, 3.8) is 0 Å². The number of hydrogen-bond acceptors (Lipinski definition) is 3. The van der Waals surface area contributed by atoms with Gasteiger partial charge >= 0.3 is 0 Å². The lowest BCUT2D eigenvalue weighted by Gasteiger charge is -2.20. The summed E-state index contributed by atoms with van der Waals surface area (Å²) >= 11 is 0. The maximum absolute atomic E-state index is 12.9. The third kappa shape index (κ3) is 3.70. The van der Waals surface area contributed by atoms with Crippen LogP contribution in [-0.2, 0) is 0 Å². The number of hydrogen-bond donors (Lipinski definition) is 0. The van der Waals surface area contributed by atoms with Gasteiger partial charge in [0, 0.05) is 29.5 Å². The fourth-order valence-electron chi connectivity index (χ4n) is 3.03. The molecule has 0 aliphatic heterocycles. The van der Waals surface area contributed by atoms with Crippen LogP contribution in [0.1, 0.15) is 70.9 Å². The van der Waals surface area contributed by atoms with Gasteiger partial charge < -0.3 is 4.74 Å². The molecule has 0 N–H and O–H groups in total. The fraction of sp³-hybridized carbons (Fsp3) is 0.304. The lowest BCUT2D eigenvalue weighted by atomic mass is 9.83. The van der Waals surface area contributed by atoms with E-state index < -0.39 is 0 Å². The molecule has 1 aliphatic carbocycles. The highest BCUT2D eigenvalue weighted by Crippen LogP contribution is 2.33. The summed E-state index contributed by atoms with van der Waals surface area (Å²) in [4.78, 5) is 25.5. The van der Waals surface area contributed by atoms with Gasteiger partial charge in [0.1, 0.15) is 5.75 Å². The van der Waals surface area contributed by atoms with Crippen molar-refractivity contribution in [2.45, 2.75) is 39.0 Å². The van der Waals surface area contributed by atoms with E-state index in [1.165, 1.54) is 0 Å². The van der Waals surface area contributed by atoms with Gasteiger partial charge in [0.15, 0.2) is 11.6 Å². The van der Waals surface area contributed by atoms with Gasteiger partial charge in [-0.15, -0.1) is 11.8 Å². The molecule has 1 aliphatic rings. The fourth-order valence-corrected chi connectivity index (χ4v) is 3.03. The molecular formula is C23H22O3. The predicted octanol–water partition coefficient (Wildman–Crippen LogP) is 4.81. The van der Waals surface area contributed by atoms with Crippen LogP contribution in [0.3, 0.4) is 0 Å². The van der Waals surface area contributed by atoms with Crippen LogP contribution >= 0.6 is 0 Å². The lowest BCUT2D eigenvalue weighted by molar-refractivity contribution is 0.0975. The summed E-state index contributed by atoms with van der Waals surface area (Å²) < 4.78 is 5.84. The largest absolute Gasteiger partial charge is 0.493 e. The number of carbonyl (C=O) groups excluding carboxylic acids is 2. The summed E-state index contributed by atoms with van der Waals surface area (Å²) in [5.74, 6) is 6.52. The molecule has 26 heavy (non-hydrogen) atoms. The summed E-state index contributed by atoms with van der Waals surface area (Å²) in [6.07, 6.45) is 4.72. The van der Waals surface area contributed by atoms with Crippen molar-refractivity contribution in [1.82, 2.24) is 0 Å². The molecule has 132 valence electrons. The van der Waals surface area contributed by atoms with Crippen molar-refractivity contribution in [3.05, 3.63) is 64.7 Å². The van der Waals surface area contributed by atoms with E-state index in [0.29, 0.717) is 34.6 Å². The second kappa shape index (κ2) is 8.49. The first kappa shape index (κ1) is 17.9. The topological polar surface area (TPSA) is 43.4 Å². The van der Waals surface area contributed by atoms with E-state index in [2.05, 4.69) is 18.8 Å². The minimum atomic E-state index is -0.142. The highest BCUT2D eigenvalue weighted by Gasteiger charge is 2.31. The van der Waals surface area contributed by atoms with Gasteiger partial charge in [0.25, 0.3) is 0 Å². The monoisotopic (exact) mass is 346 g/mol. The predicted molar refractivity (Wildman–Crippen MR) is 102 cm³/mol. The van der Waals surface area contributed by atoms with E-state index in [1.54, 1.807) is 42.5 Å². The van der Waals surface area contributed by atoms with Crippen molar-refractivity contribution in [2.75, 3.05) is 6.61 Å². The Labute approximate surface area is 154 Å². The Morgan fingerprint density at radius 3 is 2.27 bits per heavy atom. The van der Waals surface area contributed by atoms with Crippen LogP contribution in [0.5, 0.6) is 5.75 Å². The van der Waals surface area contributed by atoms with Gasteiger partial charge in [0.2, 0.25) is 0 Å². The van der Waals surface area contributed by atoms with E-state index >= 15 is 0 Å². The first-order valence-electron chi connectivity index (χ1n) is 9.14. The van der Waals surface area contributed by atoms with Crippen molar-refractivity contribution in [1.29, 1.82) is 0 Å². The zero-order valence-electron chi connectivity index (χ0n) is 15.0. The Hall–Kier alpha value is -2.86.